The van der Waals surface area contributed by atoms with Gasteiger partial charge in [0.05, 0.1) is 23.8 Å². The van der Waals surface area contributed by atoms with E-state index in [4.69, 9.17) is 9.52 Å². The van der Waals surface area contributed by atoms with E-state index in [1.54, 1.807) is 0 Å². The molecule has 0 saturated heterocycles. The zero-order valence-corrected chi connectivity index (χ0v) is 27.6. The van der Waals surface area contributed by atoms with Crippen LogP contribution in [0.5, 0.6) is 11.5 Å². The molecule has 0 saturated carbocycles. The van der Waals surface area contributed by atoms with Crippen LogP contribution >= 0.6 is 0 Å². The van der Waals surface area contributed by atoms with E-state index in [9.17, 15) is 27.1 Å². The van der Waals surface area contributed by atoms with Crippen molar-refractivity contribution in [2.24, 2.45) is 7.05 Å². The summed E-state index contributed by atoms with van der Waals surface area (Å²) in [5.74, 6) is -7.29. The number of fused-ring (bicyclic) bond motifs is 1. The molecule has 0 spiro atoms. The number of amides is 1. The fraction of sp³-hybridized carbons (Fsp3) is 0.242. The molecule has 3 heterocycles. The Labute approximate surface area is 286 Å². The smallest absolute Gasteiger partial charge is 0.440 e. The molecule has 51 heavy (non-hydrogen) atoms. The van der Waals surface area contributed by atoms with Crippen LogP contribution in [0.2, 0.25) is 0 Å². The van der Waals surface area contributed by atoms with Crippen molar-refractivity contribution in [2.75, 3.05) is 19.4 Å². The van der Waals surface area contributed by atoms with Gasteiger partial charge in [0.25, 0.3) is 5.91 Å². The Morgan fingerprint density at radius 3 is 2.37 bits per heavy atom. The van der Waals surface area contributed by atoms with Gasteiger partial charge in [0.1, 0.15) is 17.2 Å². The molecular formula is C33H27F5N4O8S. The lowest BCUT2D eigenvalue weighted by atomic mass is 9.93. The highest BCUT2D eigenvalue weighted by molar-refractivity contribution is 7.90. The van der Waals surface area contributed by atoms with Crippen LogP contribution in [0.15, 0.2) is 63.9 Å². The molecule has 1 amide bonds. The molecule has 3 aromatic carbocycles. The molecule has 6 rings (SSSR count). The van der Waals surface area contributed by atoms with Crippen LogP contribution in [0.1, 0.15) is 17.1 Å². The number of aromatic nitrogens is 3. The SMILES string of the molecule is Cc1nc(-c2ccc3c(c2)OC(F)(F)O3)c(-c2cc(-c3cc(F)c(CO)c(S(C)(=O)=O)c3)ccc2-c2cc(C(F)(F)C(=O)NCCO)nn2C)o1. The number of oxazole rings is 1. The third kappa shape index (κ3) is 6.64. The number of hydrogen-bond acceptors (Lipinski definition) is 10. The first-order chi connectivity index (χ1) is 23.9. The van der Waals surface area contributed by atoms with Gasteiger partial charge in [0.2, 0.25) is 0 Å². The quantitative estimate of drug-likeness (QED) is 0.167. The lowest BCUT2D eigenvalue weighted by molar-refractivity contribution is -0.286. The number of halogens is 5. The van der Waals surface area contributed by atoms with E-state index in [1.807, 2.05) is 5.32 Å². The van der Waals surface area contributed by atoms with Crippen molar-refractivity contribution in [3.8, 4) is 56.5 Å². The minimum absolute atomic E-state index is 0.0130. The predicted molar refractivity (Wildman–Crippen MR) is 169 cm³/mol. The van der Waals surface area contributed by atoms with Gasteiger partial charge in [0, 0.05) is 49.0 Å². The Bertz CT molecular complexity index is 2310. The number of aliphatic hydroxyl groups is 2. The normalized spacial score (nSPS) is 13.8. The Morgan fingerprint density at radius 2 is 1.69 bits per heavy atom. The number of alkyl halides is 4. The third-order valence-electron chi connectivity index (χ3n) is 7.88. The second kappa shape index (κ2) is 12.8. The molecule has 2 aromatic heterocycles. The molecular weight excluding hydrogens is 707 g/mol. The molecule has 0 bridgehead atoms. The first-order valence-corrected chi connectivity index (χ1v) is 16.8. The molecule has 0 aliphatic carbocycles. The van der Waals surface area contributed by atoms with Gasteiger partial charge in [-0.05, 0) is 53.6 Å². The van der Waals surface area contributed by atoms with Gasteiger partial charge in [-0.3, -0.25) is 9.48 Å². The average molecular weight is 735 g/mol. The highest BCUT2D eigenvalue weighted by Gasteiger charge is 2.45. The molecule has 1 aliphatic heterocycles. The Morgan fingerprint density at radius 1 is 0.980 bits per heavy atom. The topological polar surface area (TPSA) is 166 Å². The lowest BCUT2D eigenvalue weighted by Crippen LogP contribution is -2.39. The van der Waals surface area contributed by atoms with Gasteiger partial charge >= 0.3 is 12.2 Å². The van der Waals surface area contributed by atoms with Crippen molar-refractivity contribution in [2.45, 2.75) is 30.6 Å². The van der Waals surface area contributed by atoms with Crippen molar-refractivity contribution in [1.82, 2.24) is 20.1 Å². The van der Waals surface area contributed by atoms with Crippen LogP contribution in [-0.4, -0.2) is 65.0 Å². The fourth-order valence-electron chi connectivity index (χ4n) is 5.57. The number of carbonyl (C=O) groups is 1. The summed E-state index contributed by atoms with van der Waals surface area (Å²) in [5, 5.41) is 24.4. The summed E-state index contributed by atoms with van der Waals surface area (Å²) >= 11 is 0. The molecule has 5 aromatic rings. The van der Waals surface area contributed by atoms with E-state index in [2.05, 4.69) is 19.6 Å². The number of carbonyl (C=O) groups excluding carboxylic acids is 1. The zero-order chi connectivity index (χ0) is 37.0. The van der Waals surface area contributed by atoms with Gasteiger partial charge in [-0.1, -0.05) is 12.1 Å². The van der Waals surface area contributed by atoms with E-state index in [0.717, 1.165) is 23.1 Å². The maximum absolute atomic E-state index is 15.2. The Balaban J connectivity index is 1.57. The average Bonchev–Trinajstić information content (AvgIpc) is 3.74. The van der Waals surface area contributed by atoms with Crippen molar-refractivity contribution in [3.63, 3.8) is 0 Å². The molecule has 0 unspecified atom stereocenters. The highest BCUT2D eigenvalue weighted by atomic mass is 32.2. The fourth-order valence-corrected chi connectivity index (χ4v) is 6.52. The first kappa shape index (κ1) is 35.5. The standard InChI is InChI=1S/C33H27F5N4O8S/c1-16-40-29(18-5-7-25-26(12-18)50-33(37,38)49-25)30(48-16)21-10-17(19-11-23(34)22(15-44)27(13-19)51(3,46)47)4-6-20(21)24-14-28(41-42(24)2)32(35,36)31(45)39-8-9-43/h4-7,10-14,43-44H,8-9,15H2,1-3H3,(H,39,45). The van der Waals surface area contributed by atoms with Gasteiger partial charge in [-0.15, -0.1) is 8.78 Å². The molecule has 1 aliphatic rings. The molecule has 0 radical (unpaired) electrons. The van der Waals surface area contributed by atoms with Crippen LogP contribution in [0.4, 0.5) is 22.0 Å². The number of nitrogens with one attached hydrogen (secondary N) is 1. The maximum atomic E-state index is 15.2. The number of hydrogen-bond donors (Lipinski definition) is 3. The number of aliphatic hydroxyl groups excluding tert-OH is 2. The highest BCUT2D eigenvalue weighted by Crippen LogP contribution is 2.46. The summed E-state index contributed by atoms with van der Waals surface area (Å²) in [4.78, 5) is 16.2. The summed E-state index contributed by atoms with van der Waals surface area (Å²) in [7, 11) is -2.69. The molecule has 0 atom stereocenters. The minimum atomic E-state index is -4.12. The van der Waals surface area contributed by atoms with Crippen molar-refractivity contribution >= 4 is 15.7 Å². The van der Waals surface area contributed by atoms with Gasteiger partial charge in [-0.25, -0.2) is 17.8 Å². The summed E-state index contributed by atoms with van der Waals surface area (Å²) in [6, 6.07) is 11.3. The summed E-state index contributed by atoms with van der Waals surface area (Å²) in [5.41, 5.74) is -0.474. The second-order valence-electron chi connectivity index (χ2n) is 11.5. The van der Waals surface area contributed by atoms with E-state index in [1.165, 1.54) is 56.4 Å². The Hall–Kier alpha value is -5.33. The second-order valence-corrected chi connectivity index (χ2v) is 13.4. The van der Waals surface area contributed by atoms with Crippen LogP contribution < -0.4 is 14.8 Å². The molecule has 12 nitrogen and oxygen atoms in total. The van der Waals surface area contributed by atoms with Gasteiger partial charge in [-0.2, -0.15) is 13.9 Å². The summed E-state index contributed by atoms with van der Waals surface area (Å²) in [6.45, 7) is -0.404. The number of aryl methyl sites for hydroxylation is 2. The third-order valence-corrected chi connectivity index (χ3v) is 9.04. The molecule has 3 N–H and O–H groups in total. The van der Waals surface area contributed by atoms with E-state index in [0.29, 0.717) is 0 Å². The van der Waals surface area contributed by atoms with Crippen LogP contribution in [0.3, 0.4) is 0 Å². The summed E-state index contributed by atoms with van der Waals surface area (Å²) in [6.07, 6.45) is -3.06. The number of rotatable bonds is 10. The number of nitrogens with zero attached hydrogens (tertiary/aromatic N) is 3. The minimum Gasteiger partial charge on any atom is -0.440 e. The number of ether oxygens (including phenoxy) is 2. The molecule has 18 heteroatoms. The monoisotopic (exact) mass is 734 g/mol. The number of benzene rings is 3. The summed E-state index contributed by atoms with van der Waals surface area (Å²) < 4.78 is 115. The van der Waals surface area contributed by atoms with Crippen molar-refractivity contribution in [3.05, 3.63) is 77.6 Å². The van der Waals surface area contributed by atoms with Crippen molar-refractivity contribution < 1.29 is 59.3 Å². The molecule has 0 fully saturated rings. The predicted octanol–water partition coefficient (Wildman–Crippen LogP) is 4.94. The number of sulfone groups is 1. The van der Waals surface area contributed by atoms with E-state index in [-0.39, 0.29) is 62.4 Å². The lowest BCUT2D eigenvalue weighted by Gasteiger charge is -2.14. The van der Waals surface area contributed by atoms with Crippen LogP contribution in [-0.2, 0) is 34.2 Å². The van der Waals surface area contributed by atoms with Gasteiger partial charge < -0.3 is 29.4 Å². The van der Waals surface area contributed by atoms with Crippen LogP contribution in [0.25, 0.3) is 45.0 Å². The van der Waals surface area contributed by atoms with Crippen LogP contribution in [0, 0.1) is 12.7 Å². The largest absolute Gasteiger partial charge is 0.586 e. The molecule has 268 valence electrons. The van der Waals surface area contributed by atoms with E-state index >= 15 is 13.2 Å². The van der Waals surface area contributed by atoms with E-state index < -0.39 is 69.7 Å². The first-order valence-electron chi connectivity index (χ1n) is 14.9. The Kier molecular flexibility index (Phi) is 8.89. The van der Waals surface area contributed by atoms with Crippen molar-refractivity contribution in [1.29, 1.82) is 0 Å². The maximum Gasteiger partial charge on any atom is 0.586 e. The zero-order valence-electron chi connectivity index (χ0n) is 26.8. The van der Waals surface area contributed by atoms with Gasteiger partial charge in [0.15, 0.2) is 33.0 Å².